The van der Waals surface area contributed by atoms with Crippen molar-refractivity contribution in [2.75, 3.05) is 25.5 Å². The Morgan fingerprint density at radius 2 is 1.89 bits per heavy atom. The number of aryl methyl sites for hydroxylation is 1. The number of ether oxygens (including phenoxy) is 1. The third kappa shape index (κ3) is 4.68. The van der Waals surface area contributed by atoms with Gasteiger partial charge in [0.1, 0.15) is 11.6 Å². The van der Waals surface area contributed by atoms with Crippen LogP contribution in [0.2, 0.25) is 0 Å². The van der Waals surface area contributed by atoms with Crippen molar-refractivity contribution in [1.82, 2.24) is 4.90 Å². The van der Waals surface area contributed by atoms with Crippen molar-refractivity contribution in [1.29, 1.82) is 0 Å². The number of nitrogens with zero attached hydrogens (tertiary/aromatic N) is 1. The van der Waals surface area contributed by atoms with E-state index in [4.69, 9.17) is 4.74 Å². The fraction of sp³-hybridized carbons (Fsp3) is 0.364. The zero-order valence-electron chi connectivity index (χ0n) is 16.2. The summed E-state index contributed by atoms with van der Waals surface area (Å²) < 4.78 is 19.1. The highest BCUT2D eigenvalue weighted by atomic mass is 19.1. The van der Waals surface area contributed by atoms with Crippen molar-refractivity contribution in [3.63, 3.8) is 0 Å². The fourth-order valence-electron chi connectivity index (χ4n) is 3.46. The normalized spacial score (nSPS) is 14.6. The molecule has 28 heavy (non-hydrogen) atoms. The quantitative estimate of drug-likeness (QED) is 0.858. The third-order valence-electron chi connectivity index (χ3n) is 5.13. The lowest BCUT2D eigenvalue weighted by atomic mass is 9.95. The summed E-state index contributed by atoms with van der Waals surface area (Å²) >= 11 is 0. The molecule has 3 rings (SSSR count). The molecule has 1 aliphatic rings. The predicted molar refractivity (Wildman–Crippen MR) is 106 cm³/mol. The highest BCUT2D eigenvalue weighted by Gasteiger charge is 2.28. The smallest absolute Gasteiger partial charge is 0.227 e. The predicted octanol–water partition coefficient (Wildman–Crippen LogP) is 3.56. The minimum Gasteiger partial charge on any atom is -0.495 e. The highest BCUT2D eigenvalue weighted by Crippen LogP contribution is 2.27. The number of anilines is 1. The first-order valence-electron chi connectivity index (χ1n) is 9.44. The van der Waals surface area contributed by atoms with E-state index in [1.54, 1.807) is 30.2 Å². The molecular weight excluding hydrogens is 359 g/mol. The van der Waals surface area contributed by atoms with Gasteiger partial charge >= 0.3 is 0 Å². The maximum Gasteiger partial charge on any atom is 0.227 e. The van der Waals surface area contributed by atoms with E-state index < -0.39 is 0 Å². The van der Waals surface area contributed by atoms with Crippen molar-refractivity contribution in [3.05, 3.63) is 59.4 Å². The van der Waals surface area contributed by atoms with Crippen LogP contribution in [0.5, 0.6) is 5.75 Å². The second-order valence-corrected chi connectivity index (χ2v) is 7.12. The van der Waals surface area contributed by atoms with Crippen LogP contribution in [0.3, 0.4) is 0 Å². The molecule has 0 radical (unpaired) electrons. The molecule has 0 unspecified atom stereocenters. The van der Waals surface area contributed by atoms with Crippen LogP contribution in [0.25, 0.3) is 0 Å². The molecule has 6 heteroatoms. The number of hydrogen-bond donors (Lipinski definition) is 1. The number of methoxy groups -OCH3 is 1. The Kier molecular flexibility index (Phi) is 6.29. The number of hydrogen-bond acceptors (Lipinski definition) is 3. The van der Waals surface area contributed by atoms with Crippen LogP contribution in [0.1, 0.15) is 24.0 Å². The lowest BCUT2D eigenvalue weighted by molar-refractivity contribution is -0.133. The summed E-state index contributed by atoms with van der Waals surface area (Å²) in [7, 11) is 1.57. The summed E-state index contributed by atoms with van der Waals surface area (Å²) in [6.45, 7) is 2.95. The van der Waals surface area contributed by atoms with Crippen LogP contribution in [0.4, 0.5) is 10.1 Å². The van der Waals surface area contributed by atoms with Gasteiger partial charge in [0.25, 0.3) is 0 Å². The average Bonchev–Trinajstić information content (AvgIpc) is 2.70. The topological polar surface area (TPSA) is 58.6 Å². The second kappa shape index (κ2) is 8.87. The van der Waals surface area contributed by atoms with Crippen LogP contribution in [0, 0.1) is 18.7 Å². The summed E-state index contributed by atoms with van der Waals surface area (Å²) in [5.74, 6) is -0.0780. The fourth-order valence-corrected chi connectivity index (χ4v) is 3.46. The van der Waals surface area contributed by atoms with E-state index in [0.717, 1.165) is 5.56 Å². The number of carbonyl (C=O) groups is 2. The Bertz CT molecular complexity index is 861. The van der Waals surface area contributed by atoms with E-state index in [1.165, 1.54) is 6.07 Å². The SMILES string of the molecule is COc1ccc(C)cc1NC(=O)C1CCN(C(=O)Cc2ccccc2F)CC1. The Hall–Kier alpha value is -2.89. The van der Waals surface area contributed by atoms with E-state index in [-0.39, 0.29) is 30.0 Å². The Morgan fingerprint density at radius 3 is 2.57 bits per heavy atom. The number of piperidine rings is 1. The number of rotatable bonds is 5. The van der Waals surface area contributed by atoms with E-state index in [9.17, 15) is 14.0 Å². The van der Waals surface area contributed by atoms with Crippen LogP contribution in [-0.2, 0) is 16.0 Å². The van der Waals surface area contributed by atoms with Gasteiger partial charge in [0.15, 0.2) is 0 Å². The summed E-state index contributed by atoms with van der Waals surface area (Å²) in [6.07, 6.45) is 1.22. The molecule has 0 aromatic heterocycles. The number of benzene rings is 2. The molecule has 1 N–H and O–H groups in total. The van der Waals surface area contributed by atoms with Gasteiger partial charge < -0.3 is 15.0 Å². The molecule has 0 bridgehead atoms. The molecule has 2 aromatic rings. The molecule has 1 fully saturated rings. The van der Waals surface area contributed by atoms with E-state index in [1.807, 2.05) is 25.1 Å². The summed E-state index contributed by atoms with van der Waals surface area (Å²) in [5.41, 5.74) is 2.09. The van der Waals surface area contributed by atoms with E-state index in [2.05, 4.69) is 5.32 Å². The molecule has 148 valence electrons. The Balaban J connectivity index is 1.55. The van der Waals surface area contributed by atoms with Crippen molar-refractivity contribution < 1.29 is 18.7 Å². The van der Waals surface area contributed by atoms with Crippen LogP contribution < -0.4 is 10.1 Å². The van der Waals surface area contributed by atoms with Gasteiger partial charge in [0.2, 0.25) is 11.8 Å². The van der Waals surface area contributed by atoms with Crippen LogP contribution in [-0.4, -0.2) is 36.9 Å². The number of likely N-dealkylation sites (tertiary alicyclic amines) is 1. The zero-order chi connectivity index (χ0) is 20.1. The molecule has 1 aliphatic heterocycles. The van der Waals surface area contributed by atoms with Gasteiger partial charge in [-0.1, -0.05) is 24.3 Å². The standard InChI is InChI=1S/C22H25FN2O3/c1-15-7-8-20(28-2)19(13-15)24-22(27)16-9-11-25(12-10-16)21(26)14-17-5-3-4-6-18(17)23/h3-8,13,16H,9-12,14H2,1-2H3,(H,24,27). The number of halogens is 1. The number of carbonyl (C=O) groups excluding carboxylic acids is 2. The molecule has 1 saturated heterocycles. The van der Waals surface area contributed by atoms with Crippen molar-refractivity contribution in [3.8, 4) is 5.75 Å². The van der Waals surface area contributed by atoms with Gasteiger partial charge in [-0.3, -0.25) is 9.59 Å². The van der Waals surface area contributed by atoms with E-state index >= 15 is 0 Å². The summed E-state index contributed by atoms with van der Waals surface area (Å²) in [4.78, 5) is 26.8. The lowest BCUT2D eigenvalue weighted by Gasteiger charge is -2.31. The Morgan fingerprint density at radius 1 is 1.18 bits per heavy atom. The molecular formula is C22H25FN2O3. The monoisotopic (exact) mass is 384 g/mol. The number of nitrogens with one attached hydrogen (secondary N) is 1. The molecule has 0 saturated carbocycles. The first-order chi connectivity index (χ1) is 13.5. The lowest BCUT2D eigenvalue weighted by Crippen LogP contribution is -2.42. The number of amides is 2. The van der Waals surface area contributed by atoms with Gasteiger partial charge in [-0.25, -0.2) is 4.39 Å². The molecule has 1 heterocycles. The van der Waals surface area contributed by atoms with Crippen molar-refractivity contribution >= 4 is 17.5 Å². The zero-order valence-corrected chi connectivity index (χ0v) is 16.2. The maximum atomic E-state index is 13.7. The molecule has 5 nitrogen and oxygen atoms in total. The molecule has 0 aliphatic carbocycles. The largest absolute Gasteiger partial charge is 0.495 e. The molecule has 0 spiro atoms. The van der Waals surface area contributed by atoms with Gasteiger partial charge in [0, 0.05) is 19.0 Å². The first-order valence-corrected chi connectivity index (χ1v) is 9.44. The van der Waals surface area contributed by atoms with Crippen LogP contribution in [0.15, 0.2) is 42.5 Å². The molecule has 2 amide bonds. The van der Waals surface area contributed by atoms with Crippen molar-refractivity contribution in [2.45, 2.75) is 26.2 Å². The Labute approximate surface area is 164 Å². The van der Waals surface area contributed by atoms with Gasteiger partial charge in [-0.05, 0) is 49.1 Å². The maximum absolute atomic E-state index is 13.7. The molecule has 0 atom stereocenters. The third-order valence-corrected chi connectivity index (χ3v) is 5.13. The van der Waals surface area contributed by atoms with E-state index in [0.29, 0.717) is 42.9 Å². The van der Waals surface area contributed by atoms with Gasteiger partial charge in [-0.2, -0.15) is 0 Å². The second-order valence-electron chi connectivity index (χ2n) is 7.12. The average molecular weight is 384 g/mol. The highest BCUT2D eigenvalue weighted by molar-refractivity contribution is 5.94. The summed E-state index contributed by atoms with van der Waals surface area (Å²) in [6, 6.07) is 12.0. The van der Waals surface area contributed by atoms with Gasteiger partial charge in [-0.15, -0.1) is 0 Å². The minimum atomic E-state index is -0.364. The summed E-state index contributed by atoms with van der Waals surface area (Å²) in [5, 5.41) is 2.95. The van der Waals surface area contributed by atoms with Crippen LogP contribution >= 0.6 is 0 Å². The van der Waals surface area contributed by atoms with Gasteiger partial charge in [0.05, 0.1) is 19.2 Å². The van der Waals surface area contributed by atoms with Crippen molar-refractivity contribution in [2.24, 2.45) is 5.92 Å². The minimum absolute atomic E-state index is 0.0457. The first kappa shape index (κ1) is 19.9. The molecule has 2 aromatic carbocycles.